The molecule has 2 saturated carbocycles. The second-order valence-electron chi connectivity index (χ2n) is 5.75. The van der Waals surface area contributed by atoms with Gasteiger partial charge in [0.2, 0.25) is 5.91 Å². The van der Waals surface area contributed by atoms with Crippen molar-refractivity contribution >= 4 is 5.91 Å². The van der Waals surface area contributed by atoms with Crippen molar-refractivity contribution in [1.82, 2.24) is 10.6 Å². The zero-order chi connectivity index (χ0) is 12.8. The fourth-order valence-corrected chi connectivity index (χ4v) is 2.95. The van der Waals surface area contributed by atoms with Gasteiger partial charge in [-0.15, -0.1) is 0 Å². The fourth-order valence-electron chi connectivity index (χ4n) is 2.95. The fraction of sp³-hybridized carbons (Fsp3) is 0.929. The first-order valence-corrected chi connectivity index (χ1v) is 7.29. The Balaban J connectivity index is 1.59. The summed E-state index contributed by atoms with van der Waals surface area (Å²) in [6.45, 7) is 1.21. The molecule has 0 saturated heterocycles. The molecule has 2 N–H and O–H groups in total. The molecule has 4 nitrogen and oxygen atoms in total. The first-order valence-electron chi connectivity index (χ1n) is 7.29. The van der Waals surface area contributed by atoms with Crippen LogP contribution in [-0.2, 0) is 9.53 Å². The van der Waals surface area contributed by atoms with Gasteiger partial charge in [-0.3, -0.25) is 4.79 Å². The van der Waals surface area contributed by atoms with Crippen LogP contribution in [0.15, 0.2) is 0 Å². The van der Waals surface area contributed by atoms with Gasteiger partial charge in [0.1, 0.15) is 0 Å². The molecular weight excluding hydrogens is 228 g/mol. The van der Waals surface area contributed by atoms with E-state index in [1.165, 1.54) is 25.7 Å². The van der Waals surface area contributed by atoms with Gasteiger partial charge >= 0.3 is 0 Å². The number of rotatable bonds is 6. The molecule has 104 valence electrons. The standard InChI is InChI=1S/C14H26N2O2/c1-18-14(8-5-9-14)11-15-10-13(17)16-12-6-3-2-4-7-12/h12,15H,2-11H2,1H3,(H,16,17). The van der Waals surface area contributed by atoms with E-state index in [1.807, 2.05) is 0 Å². The first-order chi connectivity index (χ1) is 8.74. The third-order valence-electron chi connectivity index (χ3n) is 4.40. The van der Waals surface area contributed by atoms with Gasteiger partial charge in [-0.1, -0.05) is 19.3 Å². The number of nitrogens with one attached hydrogen (secondary N) is 2. The number of amides is 1. The molecule has 0 radical (unpaired) electrons. The lowest BCUT2D eigenvalue weighted by molar-refractivity contribution is -0.121. The minimum absolute atomic E-state index is 0.00508. The second kappa shape index (κ2) is 6.53. The molecule has 0 aromatic heterocycles. The summed E-state index contributed by atoms with van der Waals surface area (Å²) >= 11 is 0. The number of methoxy groups -OCH3 is 1. The maximum Gasteiger partial charge on any atom is 0.234 e. The van der Waals surface area contributed by atoms with Crippen LogP contribution in [0.4, 0.5) is 0 Å². The normalized spacial score (nSPS) is 23.4. The minimum atomic E-state index is 0.00508. The van der Waals surface area contributed by atoms with Crippen LogP contribution >= 0.6 is 0 Å². The van der Waals surface area contributed by atoms with Gasteiger partial charge in [-0.25, -0.2) is 0 Å². The quantitative estimate of drug-likeness (QED) is 0.757. The molecule has 0 bridgehead atoms. The van der Waals surface area contributed by atoms with E-state index in [1.54, 1.807) is 7.11 Å². The van der Waals surface area contributed by atoms with Crippen molar-refractivity contribution in [2.24, 2.45) is 0 Å². The van der Waals surface area contributed by atoms with Gasteiger partial charge in [-0.2, -0.15) is 0 Å². The van der Waals surface area contributed by atoms with Crippen LogP contribution in [0.25, 0.3) is 0 Å². The average Bonchev–Trinajstić information content (AvgIpc) is 2.34. The van der Waals surface area contributed by atoms with Crippen LogP contribution in [0.2, 0.25) is 0 Å². The molecular formula is C14H26N2O2. The maximum absolute atomic E-state index is 11.8. The summed E-state index contributed by atoms with van der Waals surface area (Å²) in [5.41, 5.74) is 0.00508. The summed E-state index contributed by atoms with van der Waals surface area (Å²) in [6, 6.07) is 0.410. The summed E-state index contributed by atoms with van der Waals surface area (Å²) in [6.07, 6.45) is 9.59. The van der Waals surface area contributed by atoms with Crippen LogP contribution < -0.4 is 10.6 Å². The van der Waals surface area contributed by atoms with Crippen LogP contribution in [0.3, 0.4) is 0 Å². The Labute approximate surface area is 110 Å². The van der Waals surface area contributed by atoms with Crippen molar-refractivity contribution in [3.63, 3.8) is 0 Å². The van der Waals surface area contributed by atoms with E-state index in [0.717, 1.165) is 32.2 Å². The van der Waals surface area contributed by atoms with Gasteiger partial charge in [-0.05, 0) is 32.1 Å². The second-order valence-corrected chi connectivity index (χ2v) is 5.75. The summed E-state index contributed by atoms with van der Waals surface area (Å²) in [4.78, 5) is 11.8. The first kappa shape index (κ1) is 13.8. The SMILES string of the molecule is COC1(CNCC(=O)NC2CCCCC2)CCC1. The molecule has 1 amide bonds. The highest BCUT2D eigenvalue weighted by Crippen LogP contribution is 2.34. The van der Waals surface area contributed by atoms with E-state index < -0.39 is 0 Å². The monoisotopic (exact) mass is 254 g/mol. The molecule has 0 aliphatic heterocycles. The van der Waals surface area contributed by atoms with E-state index in [9.17, 15) is 4.79 Å². The topological polar surface area (TPSA) is 50.4 Å². The average molecular weight is 254 g/mol. The Morgan fingerprint density at radius 3 is 2.50 bits per heavy atom. The highest BCUT2D eigenvalue weighted by molar-refractivity contribution is 5.78. The predicted octanol–water partition coefficient (Wildman–Crippen LogP) is 1.59. The predicted molar refractivity (Wildman–Crippen MR) is 71.5 cm³/mol. The maximum atomic E-state index is 11.8. The molecule has 2 aliphatic rings. The largest absolute Gasteiger partial charge is 0.377 e. The van der Waals surface area contributed by atoms with Gasteiger partial charge in [0.25, 0.3) is 0 Å². The van der Waals surface area contributed by atoms with Crippen LogP contribution in [0.5, 0.6) is 0 Å². The molecule has 18 heavy (non-hydrogen) atoms. The zero-order valence-electron chi connectivity index (χ0n) is 11.5. The minimum Gasteiger partial charge on any atom is -0.377 e. The Kier molecular flexibility index (Phi) is 5.01. The molecule has 0 unspecified atom stereocenters. The molecule has 0 aromatic carbocycles. The van der Waals surface area contributed by atoms with E-state index in [4.69, 9.17) is 4.74 Å². The van der Waals surface area contributed by atoms with Gasteiger partial charge in [0, 0.05) is 19.7 Å². The summed E-state index contributed by atoms with van der Waals surface area (Å²) < 4.78 is 5.51. The van der Waals surface area contributed by atoms with Crippen molar-refractivity contribution in [2.45, 2.75) is 63.0 Å². The molecule has 4 heteroatoms. The number of ether oxygens (including phenoxy) is 1. The Morgan fingerprint density at radius 2 is 1.94 bits per heavy atom. The zero-order valence-corrected chi connectivity index (χ0v) is 11.5. The van der Waals surface area contributed by atoms with Crippen LogP contribution in [-0.4, -0.2) is 37.7 Å². The molecule has 0 aromatic rings. The highest BCUT2D eigenvalue weighted by Gasteiger charge is 2.36. The van der Waals surface area contributed by atoms with Gasteiger partial charge in [0.15, 0.2) is 0 Å². The third kappa shape index (κ3) is 3.69. The van der Waals surface area contributed by atoms with Crippen molar-refractivity contribution in [3.8, 4) is 0 Å². The van der Waals surface area contributed by atoms with Crippen molar-refractivity contribution in [2.75, 3.05) is 20.2 Å². The Hall–Kier alpha value is -0.610. The molecule has 0 atom stereocenters. The molecule has 2 rings (SSSR count). The number of carbonyl (C=O) groups is 1. The lowest BCUT2D eigenvalue weighted by Gasteiger charge is -2.40. The van der Waals surface area contributed by atoms with Crippen molar-refractivity contribution in [1.29, 1.82) is 0 Å². The van der Waals surface area contributed by atoms with Crippen LogP contribution in [0, 0.1) is 0 Å². The van der Waals surface area contributed by atoms with Gasteiger partial charge in [0.05, 0.1) is 12.1 Å². The van der Waals surface area contributed by atoms with Crippen molar-refractivity contribution in [3.05, 3.63) is 0 Å². The molecule has 0 spiro atoms. The summed E-state index contributed by atoms with van der Waals surface area (Å²) in [5, 5.41) is 6.35. The molecule has 2 aliphatic carbocycles. The molecule has 2 fully saturated rings. The third-order valence-corrected chi connectivity index (χ3v) is 4.40. The Morgan fingerprint density at radius 1 is 1.22 bits per heavy atom. The number of carbonyl (C=O) groups excluding carboxylic acids is 1. The lowest BCUT2D eigenvalue weighted by Crippen LogP contribution is -2.50. The highest BCUT2D eigenvalue weighted by atomic mass is 16.5. The van der Waals surface area contributed by atoms with Crippen molar-refractivity contribution < 1.29 is 9.53 Å². The molecule has 0 heterocycles. The van der Waals surface area contributed by atoms with E-state index in [2.05, 4.69) is 10.6 Å². The lowest BCUT2D eigenvalue weighted by atomic mass is 9.80. The number of hydrogen-bond acceptors (Lipinski definition) is 3. The smallest absolute Gasteiger partial charge is 0.234 e. The number of hydrogen-bond donors (Lipinski definition) is 2. The van der Waals surface area contributed by atoms with Gasteiger partial charge < -0.3 is 15.4 Å². The van der Waals surface area contributed by atoms with E-state index in [0.29, 0.717) is 12.6 Å². The Bertz CT molecular complexity index is 265. The summed E-state index contributed by atoms with van der Waals surface area (Å²) in [7, 11) is 1.77. The van der Waals surface area contributed by atoms with E-state index in [-0.39, 0.29) is 11.5 Å². The summed E-state index contributed by atoms with van der Waals surface area (Å²) in [5.74, 6) is 0.132. The van der Waals surface area contributed by atoms with Crippen LogP contribution in [0.1, 0.15) is 51.4 Å². The van der Waals surface area contributed by atoms with E-state index >= 15 is 0 Å².